The largest absolute Gasteiger partial charge is 0.353 e. The third-order valence-corrected chi connectivity index (χ3v) is 3.94. The molecule has 0 aliphatic rings. The van der Waals surface area contributed by atoms with E-state index in [9.17, 15) is 14.5 Å². The minimum absolute atomic E-state index is 0.341. The van der Waals surface area contributed by atoms with Gasteiger partial charge in [-0.05, 0) is 38.4 Å². The molecule has 0 saturated carbocycles. The van der Waals surface area contributed by atoms with E-state index in [0.29, 0.717) is 29.7 Å². The average molecular weight is 397 g/mol. The zero-order valence-electron chi connectivity index (χ0n) is 16.0. The molecule has 0 bridgehead atoms. The Morgan fingerprint density at radius 1 is 1.21 bits per heavy atom. The van der Waals surface area contributed by atoms with Crippen LogP contribution >= 0.6 is 0 Å². The van der Waals surface area contributed by atoms with Crippen molar-refractivity contribution in [2.45, 2.75) is 0 Å². The quantitative estimate of drug-likeness (QED) is 0.440. The Hall–Kier alpha value is -3.66. The first kappa shape index (κ1) is 20.1. The number of nitro groups is 1. The summed E-state index contributed by atoms with van der Waals surface area (Å²) < 4.78 is 13.6. The molecular weight excluding hydrogens is 377 g/mol. The van der Waals surface area contributed by atoms with Gasteiger partial charge in [0.1, 0.15) is 5.82 Å². The molecule has 2 N–H and O–H groups in total. The van der Waals surface area contributed by atoms with Crippen molar-refractivity contribution < 1.29 is 9.31 Å². The van der Waals surface area contributed by atoms with Crippen molar-refractivity contribution >= 4 is 23.1 Å². The highest BCUT2D eigenvalue weighted by atomic mass is 19.1. The Morgan fingerprint density at radius 3 is 2.72 bits per heavy atom. The molecule has 0 saturated heterocycles. The first-order chi connectivity index (χ1) is 13.9. The maximum absolute atomic E-state index is 13.6. The van der Waals surface area contributed by atoms with E-state index >= 15 is 0 Å². The van der Waals surface area contributed by atoms with Crippen molar-refractivity contribution in [1.29, 1.82) is 0 Å². The second-order valence-electron chi connectivity index (χ2n) is 6.48. The van der Waals surface area contributed by atoms with E-state index in [0.717, 1.165) is 24.2 Å². The maximum Gasteiger partial charge on any atom is 0.306 e. The lowest BCUT2D eigenvalue weighted by Crippen LogP contribution is -2.21. The molecule has 0 fully saturated rings. The molecule has 9 nitrogen and oxygen atoms in total. The van der Waals surface area contributed by atoms with E-state index in [-0.39, 0.29) is 0 Å². The van der Waals surface area contributed by atoms with Crippen LogP contribution in [0.3, 0.4) is 0 Å². The number of likely N-dealkylation sites (N-methyl/N-ethyl adjacent to an activating group) is 1. The highest BCUT2D eigenvalue weighted by Gasteiger charge is 2.15. The SMILES string of the molecule is CN(C)CCNc1nc(Nc2ccc(F)c([N+](=O)[O-])c2)cc(-c2cccnc2)n1. The fourth-order valence-corrected chi connectivity index (χ4v) is 2.52. The van der Waals surface area contributed by atoms with E-state index in [2.05, 4.69) is 25.6 Å². The van der Waals surface area contributed by atoms with E-state index in [1.807, 2.05) is 25.1 Å². The van der Waals surface area contributed by atoms with E-state index < -0.39 is 16.4 Å². The molecule has 1 aromatic carbocycles. The fourth-order valence-electron chi connectivity index (χ4n) is 2.52. The highest BCUT2D eigenvalue weighted by Crippen LogP contribution is 2.26. The molecule has 3 aromatic rings. The number of nitro benzene ring substituents is 1. The van der Waals surface area contributed by atoms with Gasteiger partial charge >= 0.3 is 5.69 Å². The van der Waals surface area contributed by atoms with Crippen molar-refractivity contribution in [1.82, 2.24) is 19.9 Å². The summed E-state index contributed by atoms with van der Waals surface area (Å²) in [6.45, 7) is 1.42. The van der Waals surface area contributed by atoms with Gasteiger partial charge < -0.3 is 15.5 Å². The van der Waals surface area contributed by atoms with Gasteiger partial charge in [-0.25, -0.2) is 4.98 Å². The van der Waals surface area contributed by atoms with Crippen LogP contribution in [0.2, 0.25) is 0 Å². The van der Waals surface area contributed by atoms with Gasteiger partial charge in [0.2, 0.25) is 11.8 Å². The zero-order valence-corrected chi connectivity index (χ0v) is 16.0. The molecule has 10 heteroatoms. The molecule has 0 spiro atoms. The summed E-state index contributed by atoms with van der Waals surface area (Å²) in [6, 6.07) is 8.94. The van der Waals surface area contributed by atoms with Crippen LogP contribution in [0.25, 0.3) is 11.3 Å². The highest BCUT2D eigenvalue weighted by molar-refractivity contribution is 5.67. The molecule has 29 heavy (non-hydrogen) atoms. The average Bonchev–Trinajstić information content (AvgIpc) is 2.69. The molecule has 3 rings (SSSR count). The molecular formula is C19H20FN7O2. The first-order valence-electron chi connectivity index (χ1n) is 8.81. The van der Waals surface area contributed by atoms with Crippen molar-refractivity contribution in [2.75, 3.05) is 37.8 Å². The van der Waals surface area contributed by atoms with Crippen molar-refractivity contribution in [3.8, 4) is 11.3 Å². The smallest absolute Gasteiger partial charge is 0.306 e. The monoisotopic (exact) mass is 397 g/mol. The van der Waals surface area contributed by atoms with Crippen LogP contribution in [0.1, 0.15) is 0 Å². The number of benzene rings is 1. The number of anilines is 3. The summed E-state index contributed by atoms with van der Waals surface area (Å²) in [7, 11) is 3.92. The minimum Gasteiger partial charge on any atom is -0.353 e. The van der Waals surface area contributed by atoms with Gasteiger partial charge in [0.25, 0.3) is 0 Å². The van der Waals surface area contributed by atoms with Gasteiger partial charge in [-0.2, -0.15) is 9.37 Å². The predicted molar refractivity (Wildman–Crippen MR) is 109 cm³/mol. The summed E-state index contributed by atoms with van der Waals surface area (Å²) in [6.07, 6.45) is 3.34. The molecule has 0 aliphatic heterocycles. The number of halogens is 1. The van der Waals surface area contributed by atoms with Crippen LogP contribution < -0.4 is 10.6 Å². The molecule has 0 atom stereocenters. The third kappa shape index (κ3) is 5.42. The molecule has 0 unspecified atom stereocenters. The fraction of sp³-hybridized carbons (Fsp3) is 0.211. The molecule has 0 amide bonds. The standard InChI is InChI=1S/C19H20FN7O2/c1-26(2)9-8-22-19-24-16(13-4-3-7-21-12-13)11-18(25-19)23-14-5-6-15(20)17(10-14)27(28)29/h3-7,10-12H,8-9H2,1-2H3,(H2,22,23,24,25). The lowest BCUT2D eigenvalue weighted by atomic mass is 10.2. The van der Waals surface area contributed by atoms with E-state index in [1.54, 1.807) is 24.5 Å². The van der Waals surface area contributed by atoms with Crippen LogP contribution in [0.4, 0.5) is 27.5 Å². The Bertz CT molecular complexity index is 999. The van der Waals surface area contributed by atoms with Crippen molar-refractivity contribution in [3.05, 3.63) is 64.7 Å². The summed E-state index contributed by atoms with van der Waals surface area (Å²) in [5.41, 5.74) is 1.15. The lowest BCUT2D eigenvalue weighted by molar-refractivity contribution is -0.387. The summed E-state index contributed by atoms with van der Waals surface area (Å²) in [5.74, 6) is -0.0928. The van der Waals surface area contributed by atoms with Crippen LogP contribution in [-0.2, 0) is 0 Å². The number of rotatable bonds is 8. The summed E-state index contributed by atoms with van der Waals surface area (Å²) in [4.78, 5) is 25.3. The normalized spacial score (nSPS) is 10.8. The van der Waals surface area contributed by atoms with Crippen molar-refractivity contribution in [2.24, 2.45) is 0 Å². The first-order valence-corrected chi connectivity index (χ1v) is 8.81. The van der Waals surface area contributed by atoms with Gasteiger partial charge in [0.15, 0.2) is 0 Å². The Balaban J connectivity index is 1.92. The number of hydrogen-bond donors (Lipinski definition) is 2. The van der Waals surface area contributed by atoms with Crippen LogP contribution in [0.15, 0.2) is 48.8 Å². The van der Waals surface area contributed by atoms with Gasteiger partial charge in [-0.3, -0.25) is 15.1 Å². The lowest BCUT2D eigenvalue weighted by Gasteiger charge is -2.13. The maximum atomic E-state index is 13.6. The summed E-state index contributed by atoms with van der Waals surface area (Å²) >= 11 is 0. The van der Waals surface area contributed by atoms with Crippen LogP contribution in [-0.4, -0.2) is 52.0 Å². The topological polar surface area (TPSA) is 109 Å². The Labute approximate surface area is 166 Å². The van der Waals surface area contributed by atoms with E-state index in [1.165, 1.54) is 6.07 Å². The summed E-state index contributed by atoms with van der Waals surface area (Å²) in [5, 5.41) is 17.1. The van der Waals surface area contributed by atoms with Gasteiger partial charge in [-0.15, -0.1) is 0 Å². The predicted octanol–water partition coefficient (Wildman–Crippen LogP) is 3.30. The number of aromatic nitrogens is 3. The number of nitrogens with one attached hydrogen (secondary N) is 2. The molecule has 2 aromatic heterocycles. The zero-order chi connectivity index (χ0) is 20.8. The number of hydrogen-bond acceptors (Lipinski definition) is 8. The third-order valence-electron chi connectivity index (χ3n) is 3.94. The van der Waals surface area contributed by atoms with Crippen LogP contribution in [0.5, 0.6) is 0 Å². The number of pyridine rings is 1. The van der Waals surface area contributed by atoms with Crippen LogP contribution in [0, 0.1) is 15.9 Å². The minimum atomic E-state index is -0.898. The number of nitrogens with zero attached hydrogens (tertiary/aromatic N) is 5. The Kier molecular flexibility index (Phi) is 6.25. The van der Waals surface area contributed by atoms with Gasteiger partial charge in [0.05, 0.1) is 10.6 Å². The molecule has 0 radical (unpaired) electrons. The Morgan fingerprint density at radius 2 is 2.03 bits per heavy atom. The molecule has 2 heterocycles. The molecule has 150 valence electrons. The second kappa shape index (κ2) is 9.02. The van der Waals surface area contributed by atoms with E-state index in [4.69, 9.17) is 0 Å². The second-order valence-corrected chi connectivity index (χ2v) is 6.48. The van der Waals surface area contributed by atoms with Crippen molar-refractivity contribution in [3.63, 3.8) is 0 Å². The van der Waals surface area contributed by atoms with Gasteiger partial charge in [-0.1, -0.05) is 0 Å². The molecule has 0 aliphatic carbocycles. The van der Waals surface area contributed by atoms with Gasteiger partial charge in [0, 0.05) is 48.9 Å².